The van der Waals surface area contributed by atoms with Crippen LogP contribution in [-0.4, -0.2) is 30.0 Å². The Morgan fingerprint density at radius 3 is 2.56 bits per heavy atom. The van der Waals surface area contributed by atoms with Crippen LogP contribution in [0.2, 0.25) is 0 Å². The molecule has 1 aromatic heterocycles. The zero-order valence-corrected chi connectivity index (χ0v) is 11.4. The van der Waals surface area contributed by atoms with Gasteiger partial charge in [-0.25, -0.2) is 0 Å². The van der Waals surface area contributed by atoms with Crippen LogP contribution in [-0.2, 0) is 0 Å². The van der Waals surface area contributed by atoms with E-state index in [-0.39, 0.29) is 0 Å². The molecule has 1 saturated carbocycles. The summed E-state index contributed by atoms with van der Waals surface area (Å²) in [5.41, 5.74) is 7.23. The maximum atomic E-state index is 5.95. The van der Waals surface area contributed by atoms with Crippen LogP contribution < -0.4 is 5.73 Å². The predicted octanol–water partition coefficient (Wildman–Crippen LogP) is 2.59. The third-order valence-corrected chi connectivity index (χ3v) is 4.12. The van der Waals surface area contributed by atoms with Gasteiger partial charge in [-0.2, -0.15) is 0 Å². The normalized spacial score (nSPS) is 19.1. The maximum Gasteiger partial charge on any atom is 0.0468 e. The number of rotatable bonds is 5. The standard InChI is InChI=1S/C15H25N3/c1-18(12-13-5-3-2-4-6-13)15(11-16)14-7-9-17-10-8-14/h7-10,13,15H,2-6,11-12,16H2,1H3. The number of pyridine rings is 1. The number of nitrogens with two attached hydrogens (primary N) is 1. The third kappa shape index (κ3) is 3.53. The van der Waals surface area contributed by atoms with Crippen LogP contribution >= 0.6 is 0 Å². The van der Waals surface area contributed by atoms with E-state index in [4.69, 9.17) is 5.73 Å². The van der Waals surface area contributed by atoms with Crippen molar-refractivity contribution in [3.05, 3.63) is 30.1 Å². The first-order valence-corrected chi connectivity index (χ1v) is 7.11. The zero-order chi connectivity index (χ0) is 12.8. The Hall–Kier alpha value is -0.930. The highest BCUT2D eigenvalue weighted by Crippen LogP contribution is 2.26. The van der Waals surface area contributed by atoms with Crippen LogP contribution in [0.1, 0.15) is 43.7 Å². The van der Waals surface area contributed by atoms with Crippen molar-refractivity contribution in [3.8, 4) is 0 Å². The monoisotopic (exact) mass is 247 g/mol. The van der Waals surface area contributed by atoms with Crippen LogP contribution in [0.4, 0.5) is 0 Å². The molecule has 1 unspecified atom stereocenters. The molecule has 18 heavy (non-hydrogen) atoms. The SMILES string of the molecule is CN(CC1CCCCC1)C(CN)c1ccncc1. The van der Waals surface area contributed by atoms with E-state index in [1.54, 1.807) is 0 Å². The Morgan fingerprint density at radius 2 is 1.94 bits per heavy atom. The molecule has 0 amide bonds. The molecule has 0 aromatic carbocycles. The van der Waals surface area contributed by atoms with Gasteiger partial charge < -0.3 is 5.73 Å². The first kappa shape index (κ1) is 13.5. The first-order valence-electron chi connectivity index (χ1n) is 7.11. The van der Waals surface area contributed by atoms with Gasteiger partial charge in [0.2, 0.25) is 0 Å². The quantitative estimate of drug-likeness (QED) is 0.869. The smallest absolute Gasteiger partial charge is 0.0468 e. The van der Waals surface area contributed by atoms with Crippen molar-refractivity contribution >= 4 is 0 Å². The highest BCUT2D eigenvalue weighted by molar-refractivity contribution is 5.15. The van der Waals surface area contributed by atoms with E-state index in [9.17, 15) is 0 Å². The molecule has 1 heterocycles. The van der Waals surface area contributed by atoms with Crippen molar-refractivity contribution in [2.24, 2.45) is 11.7 Å². The lowest BCUT2D eigenvalue weighted by atomic mass is 9.88. The van der Waals surface area contributed by atoms with Crippen LogP contribution in [0.3, 0.4) is 0 Å². The summed E-state index contributed by atoms with van der Waals surface area (Å²) in [6, 6.07) is 4.49. The van der Waals surface area contributed by atoms with E-state index in [1.165, 1.54) is 44.2 Å². The van der Waals surface area contributed by atoms with Gasteiger partial charge in [0, 0.05) is 31.5 Å². The van der Waals surface area contributed by atoms with Gasteiger partial charge in [0.1, 0.15) is 0 Å². The minimum atomic E-state index is 0.329. The van der Waals surface area contributed by atoms with Gasteiger partial charge in [-0.05, 0) is 43.5 Å². The second-order valence-electron chi connectivity index (χ2n) is 5.48. The number of aromatic nitrogens is 1. The summed E-state index contributed by atoms with van der Waals surface area (Å²) in [6.45, 7) is 1.84. The van der Waals surface area contributed by atoms with E-state index in [2.05, 4.69) is 29.1 Å². The summed E-state index contributed by atoms with van der Waals surface area (Å²) in [6.07, 6.45) is 10.7. The molecule has 0 aliphatic heterocycles. The van der Waals surface area contributed by atoms with Gasteiger partial charge in [-0.1, -0.05) is 19.3 Å². The van der Waals surface area contributed by atoms with E-state index in [1.807, 2.05) is 12.4 Å². The van der Waals surface area contributed by atoms with Crippen LogP contribution in [0.15, 0.2) is 24.5 Å². The Labute approximate surface area is 110 Å². The molecule has 2 N–H and O–H groups in total. The Bertz CT molecular complexity index is 333. The summed E-state index contributed by atoms with van der Waals surface area (Å²) in [4.78, 5) is 6.50. The fourth-order valence-corrected chi connectivity index (χ4v) is 3.06. The highest BCUT2D eigenvalue weighted by Gasteiger charge is 2.20. The number of likely N-dealkylation sites (N-methyl/N-ethyl adjacent to an activating group) is 1. The molecule has 0 saturated heterocycles. The second-order valence-corrected chi connectivity index (χ2v) is 5.48. The van der Waals surface area contributed by atoms with Gasteiger partial charge in [0.25, 0.3) is 0 Å². The van der Waals surface area contributed by atoms with Crippen molar-refractivity contribution < 1.29 is 0 Å². The Balaban J connectivity index is 1.94. The molecule has 3 nitrogen and oxygen atoms in total. The Kier molecular flexibility index (Phi) is 5.14. The van der Waals surface area contributed by atoms with Crippen LogP contribution in [0.5, 0.6) is 0 Å². The van der Waals surface area contributed by atoms with Crippen molar-refractivity contribution in [2.75, 3.05) is 20.1 Å². The molecule has 2 rings (SSSR count). The molecule has 0 bridgehead atoms. The van der Waals surface area contributed by atoms with E-state index < -0.39 is 0 Å². The molecular formula is C15H25N3. The van der Waals surface area contributed by atoms with Gasteiger partial charge >= 0.3 is 0 Å². The fourth-order valence-electron chi connectivity index (χ4n) is 3.06. The molecule has 1 aliphatic carbocycles. The van der Waals surface area contributed by atoms with Crippen LogP contribution in [0, 0.1) is 5.92 Å². The largest absolute Gasteiger partial charge is 0.329 e. The molecule has 1 aliphatic rings. The maximum absolute atomic E-state index is 5.95. The lowest BCUT2D eigenvalue weighted by Crippen LogP contribution is -2.34. The molecule has 0 radical (unpaired) electrons. The average Bonchev–Trinajstić information content (AvgIpc) is 2.42. The van der Waals surface area contributed by atoms with E-state index in [0.29, 0.717) is 12.6 Å². The van der Waals surface area contributed by atoms with Crippen molar-refractivity contribution in [1.82, 2.24) is 9.88 Å². The summed E-state index contributed by atoms with van der Waals surface area (Å²) in [5, 5.41) is 0. The molecule has 1 aromatic rings. The zero-order valence-electron chi connectivity index (χ0n) is 11.4. The average molecular weight is 247 g/mol. The van der Waals surface area contributed by atoms with Gasteiger partial charge in [-0.15, -0.1) is 0 Å². The molecular weight excluding hydrogens is 222 g/mol. The number of hydrogen-bond acceptors (Lipinski definition) is 3. The van der Waals surface area contributed by atoms with Crippen molar-refractivity contribution in [2.45, 2.75) is 38.1 Å². The third-order valence-electron chi connectivity index (χ3n) is 4.12. The lowest BCUT2D eigenvalue weighted by molar-refractivity contribution is 0.185. The number of hydrogen-bond donors (Lipinski definition) is 1. The van der Waals surface area contributed by atoms with Crippen molar-refractivity contribution in [1.29, 1.82) is 0 Å². The van der Waals surface area contributed by atoms with Gasteiger partial charge in [0.15, 0.2) is 0 Å². The van der Waals surface area contributed by atoms with Gasteiger partial charge in [-0.3, -0.25) is 9.88 Å². The van der Waals surface area contributed by atoms with E-state index in [0.717, 1.165) is 5.92 Å². The molecule has 1 atom stereocenters. The minimum absolute atomic E-state index is 0.329. The summed E-state index contributed by atoms with van der Waals surface area (Å²) in [5.74, 6) is 0.861. The summed E-state index contributed by atoms with van der Waals surface area (Å²) >= 11 is 0. The lowest BCUT2D eigenvalue weighted by Gasteiger charge is -2.32. The molecule has 0 spiro atoms. The fraction of sp³-hybridized carbons (Fsp3) is 0.667. The molecule has 100 valence electrons. The predicted molar refractivity (Wildman–Crippen MR) is 75.2 cm³/mol. The number of nitrogens with zero attached hydrogens (tertiary/aromatic N) is 2. The molecule has 3 heteroatoms. The minimum Gasteiger partial charge on any atom is -0.329 e. The summed E-state index contributed by atoms with van der Waals surface area (Å²) in [7, 11) is 2.20. The molecule has 1 fully saturated rings. The topological polar surface area (TPSA) is 42.1 Å². The van der Waals surface area contributed by atoms with Gasteiger partial charge in [0.05, 0.1) is 0 Å². The van der Waals surface area contributed by atoms with Crippen LogP contribution in [0.25, 0.3) is 0 Å². The summed E-state index contributed by atoms with van der Waals surface area (Å²) < 4.78 is 0. The first-order chi connectivity index (χ1) is 8.81. The Morgan fingerprint density at radius 1 is 1.28 bits per heavy atom. The highest BCUT2D eigenvalue weighted by atomic mass is 15.1. The van der Waals surface area contributed by atoms with Crippen molar-refractivity contribution in [3.63, 3.8) is 0 Å². The van der Waals surface area contributed by atoms with E-state index >= 15 is 0 Å². The second kappa shape index (κ2) is 6.86.